The van der Waals surface area contributed by atoms with Gasteiger partial charge in [0.1, 0.15) is 11.6 Å². The standard InChI is InChI=1S/C17H23FN4OS/c1-11(2)12(3)19-16(23)10-22(4)17-20-15(21-24-17)9-13-5-7-14(18)8-6-13/h5-8,11-12H,9-10H2,1-4H3,(H,19,23). The van der Waals surface area contributed by atoms with Crippen molar-refractivity contribution >= 4 is 22.6 Å². The fourth-order valence-electron chi connectivity index (χ4n) is 2.01. The SMILES string of the molecule is CC(C)C(C)NC(=O)CN(C)c1nc(Cc2ccc(F)cc2)ns1. The molecule has 0 aliphatic rings. The maximum absolute atomic E-state index is 12.9. The third-order valence-corrected chi connectivity index (χ3v) is 4.70. The molecule has 130 valence electrons. The summed E-state index contributed by atoms with van der Waals surface area (Å²) in [5.41, 5.74) is 0.951. The first kappa shape index (κ1) is 18.3. The zero-order valence-electron chi connectivity index (χ0n) is 14.4. The highest BCUT2D eigenvalue weighted by atomic mass is 32.1. The highest BCUT2D eigenvalue weighted by Crippen LogP contribution is 2.17. The molecule has 0 bridgehead atoms. The average Bonchev–Trinajstić information content (AvgIpc) is 2.98. The second-order valence-corrected chi connectivity index (χ2v) is 6.98. The summed E-state index contributed by atoms with van der Waals surface area (Å²) >= 11 is 1.26. The summed E-state index contributed by atoms with van der Waals surface area (Å²) < 4.78 is 17.2. The number of carbonyl (C=O) groups excluding carboxylic acids is 1. The van der Waals surface area contributed by atoms with Crippen molar-refractivity contribution in [3.8, 4) is 0 Å². The van der Waals surface area contributed by atoms with Gasteiger partial charge in [-0.05, 0) is 30.5 Å². The Hall–Kier alpha value is -2.02. The molecule has 2 aromatic rings. The number of nitrogens with zero attached hydrogens (tertiary/aromatic N) is 3. The zero-order chi connectivity index (χ0) is 17.7. The van der Waals surface area contributed by atoms with Crippen molar-refractivity contribution in [2.45, 2.75) is 33.2 Å². The maximum Gasteiger partial charge on any atom is 0.239 e. The normalized spacial score (nSPS) is 12.2. The van der Waals surface area contributed by atoms with E-state index in [0.717, 1.165) is 5.56 Å². The van der Waals surface area contributed by atoms with E-state index < -0.39 is 0 Å². The Labute approximate surface area is 146 Å². The molecule has 0 radical (unpaired) electrons. The van der Waals surface area contributed by atoms with Gasteiger partial charge in [-0.25, -0.2) is 9.37 Å². The van der Waals surface area contributed by atoms with Gasteiger partial charge in [-0.1, -0.05) is 26.0 Å². The summed E-state index contributed by atoms with van der Waals surface area (Å²) in [5, 5.41) is 3.67. The third-order valence-electron chi connectivity index (χ3n) is 3.83. The summed E-state index contributed by atoms with van der Waals surface area (Å²) in [6.45, 7) is 6.37. The van der Waals surface area contributed by atoms with Crippen LogP contribution in [0.5, 0.6) is 0 Å². The lowest BCUT2D eigenvalue weighted by Gasteiger charge is -2.20. The topological polar surface area (TPSA) is 58.1 Å². The highest BCUT2D eigenvalue weighted by molar-refractivity contribution is 7.09. The molecule has 1 aromatic heterocycles. The highest BCUT2D eigenvalue weighted by Gasteiger charge is 2.15. The Balaban J connectivity index is 1.92. The maximum atomic E-state index is 12.9. The van der Waals surface area contributed by atoms with Crippen molar-refractivity contribution in [2.24, 2.45) is 5.92 Å². The summed E-state index contributed by atoms with van der Waals surface area (Å²) in [7, 11) is 1.82. The van der Waals surface area contributed by atoms with Crippen LogP contribution in [0.4, 0.5) is 9.52 Å². The lowest BCUT2D eigenvalue weighted by molar-refractivity contribution is -0.120. The molecule has 0 aliphatic heterocycles. The molecule has 0 saturated carbocycles. The van der Waals surface area contributed by atoms with E-state index in [-0.39, 0.29) is 24.3 Å². The Morgan fingerprint density at radius 1 is 1.29 bits per heavy atom. The van der Waals surface area contributed by atoms with Gasteiger partial charge < -0.3 is 10.2 Å². The monoisotopic (exact) mass is 350 g/mol. The van der Waals surface area contributed by atoms with Crippen LogP contribution in [-0.2, 0) is 11.2 Å². The molecule has 1 heterocycles. The van der Waals surface area contributed by atoms with E-state index in [4.69, 9.17) is 0 Å². The lowest BCUT2D eigenvalue weighted by Crippen LogP contribution is -2.41. The number of benzene rings is 1. The van der Waals surface area contributed by atoms with Gasteiger partial charge in [0.15, 0.2) is 0 Å². The van der Waals surface area contributed by atoms with Gasteiger partial charge in [-0.3, -0.25) is 4.79 Å². The first-order chi connectivity index (χ1) is 11.3. The van der Waals surface area contributed by atoms with E-state index in [2.05, 4.69) is 28.5 Å². The molecule has 0 aliphatic carbocycles. The summed E-state index contributed by atoms with van der Waals surface area (Å²) in [5.74, 6) is 0.772. The van der Waals surface area contributed by atoms with Gasteiger partial charge in [0.2, 0.25) is 11.0 Å². The van der Waals surface area contributed by atoms with Crippen LogP contribution in [0.1, 0.15) is 32.2 Å². The van der Waals surface area contributed by atoms with Crippen LogP contribution >= 0.6 is 11.5 Å². The molecule has 1 amide bonds. The number of likely N-dealkylation sites (N-methyl/N-ethyl adjacent to an activating group) is 1. The molecule has 0 spiro atoms. The van der Waals surface area contributed by atoms with E-state index in [1.54, 1.807) is 17.0 Å². The predicted octanol–water partition coefficient (Wildman–Crippen LogP) is 2.86. The van der Waals surface area contributed by atoms with E-state index in [0.29, 0.717) is 23.3 Å². The van der Waals surface area contributed by atoms with E-state index in [9.17, 15) is 9.18 Å². The quantitative estimate of drug-likeness (QED) is 0.834. The predicted molar refractivity (Wildman–Crippen MR) is 94.8 cm³/mol. The molecule has 24 heavy (non-hydrogen) atoms. The Bertz CT molecular complexity index is 671. The van der Waals surface area contributed by atoms with Crippen molar-refractivity contribution < 1.29 is 9.18 Å². The van der Waals surface area contributed by atoms with Gasteiger partial charge >= 0.3 is 0 Å². The minimum atomic E-state index is -0.257. The fraction of sp³-hybridized carbons (Fsp3) is 0.471. The third kappa shape index (κ3) is 5.26. The number of hydrogen-bond donors (Lipinski definition) is 1. The van der Waals surface area contributed by atoms with Gasteiger partial charge in [-0.2, -0.15) is 4.37 Å². The van der Waals surface area contributed by atoms with Crippen LogP contribution in [0.15, 0.2) is 24.3 Å². The number of hydrogen-bond acceptors (Lipinski definition) is 5. The minimum Gasteiger partial charge on any atom is -0.352 e. The largest absolute Gasteiger partial charge is 0.352 e. The Morgan fingerprint density at radius 3 is 2.58 bits per heavy atom. The smallest absolute Gasteiger partial charge is 0.239 e. The van der Waals surface area contributed by atoms with E-state index in [1.807, 2.05) is 14.0 Å². The molecule has 0 fully saturated rings. The second-order valence-electron chi connectivity index (χ2n) is 6.25. The van der Waals surface area contributed by atoms with E-state index in [1.165, 1.54) is 23.7 Å². The molecular weight excluding hydrogens is 327 g/mol. The number of nitrogens with one attached hydrogen (secondary N) is 1. The summed E-state index contributed by atoms with van der Waals surface area (Å²) in [6.07, 6.45) is 0.543. The number of aromatic nitrogens is 2. The average molecular weight is 350 g/mol. The summed E-state index contributed by atoms with van der Waals surface area (Å²) in [4.78, 5) is 18.3. The van der Waals surface area contributed by atoms with Crippen molar-refractivity contribution in [2.75, 3.05) is 18.5 Å². The van der Waals surface area contributed by atoms with Crippen LogP contribution in [-0.4, -0.2) is 34.9 Å². The van der Waals surface area contributed by atoms with Crippen LogP contribution in [0.2, 0.25) is 0 Å². The second kappa shape index (κ2) is 8.19. The number of amides is 1. The van der Waals surface area contributed by atoms with Crippen LogP contribution in [0.3, 0.4) is 0 Å². The van der Waals surface area contributed by atoms with Crippen molar-refractivity contribution in [3.05, 3.63) is 41.5 Å². The number of halogens is 1. The minimum absolute atomic E-state index is 0.0333. The van der Waals surface area contributed by atoms with Gasteiger partial charge in [0.05, 0.1) is 6.54 Å². The van der Waals surface area contributed by atoms with Crippen LogP contribution in [0, 0.1) is 11.7 Å². The molecule has 1 unspecified atom stereocenters. The lowest BCUT2D eigenvalue weighted by atomic mass is 10.1. The van der Waals surface area contributed by atoms with Crippen molar-refractivity contribution in [1.29, 1.82) is 0 Å². The molecule has 1 N–H and O–H groups in total. The Morgan fingerprint density at radius 2 is 1.96 bits per heavy atom. The van der Waals surface area contributed by atoms with Crippen LogP contribution in [0.25, 0.3) is 0 Å². The summed E-state index contributed by atoms with van der Waals surface area (Å²) in [6, 6.07) is 6.43. The van der Waals surface area contributed by atoms with Crippen LogP contribution < -0.4 is 10.2 Å². The van der Waals surface area contributed by atoms with Crippen molar-refractivity contribution in [1.82, 2.24) is 14.7 Å². The number of carbonyl (C=O) groups is 1. The first-order valence-electron chi connectivity index (χ1n) is 7.92. The van der Waals surface area contributed by atoms with Gasteiger partial charge in [0, 0.05) is 31.0 Å². The zero-order valence-corrected chi connectivity index (χ0v) is 15.2. The molecule has 5 nitrogen and oxygen atoms in total. The van der Waals surface area contributed by atoms with Crippen molar-refractivity contribution in [3.63, 3.8) is 0 Å². The molecule has 1 atom stereocenters. The molecule has 1 aromatic carbocycles. The number of rotatable bonds is 7. The molecule has 2 rings (SSSR count). The molecule has 0 saturated heterocycles. The Kier molecular flexibility index (Phi) is 6.25. The first-order valence-corrected chi connectivity index (χ1v) is 8.70. The van der Waals surface area contributed by atoms with Gasteiger partial charge in [-0.15, -0.1) is 0 Å². The molecular formula is C17H23FN4OS. The van der Waals surface area contributed by atoms with E-state index >= 15 is 0 Å². The van der Waals surface area contributed by atoms with Gasteiger partial charge in [0.25, 0.3) is 0 Å². The number of anilines is 1. The molecule has 7 heteroatoms. The fourth-order valence-corrected chi connectivity index (χ4v) is 2.65.